The molecule has 2 aromatic carbocycles. The van der Waals surface area contributed by atoms with E-state index in [4.69, 9.17) is 62.6 Å². The number of aliphatic hydroxyl groups is 10. The van der Waals surface area contributed by atoms with Gasteiger partial charge in [-0.1, -0.05) is 92.8 Å². The molecular weight excluding hydrogens is 2320 g/mol. The molecule has 834 valence electrons. The van der Waals surface area contributed by atoms with Gasteiger partial charge in [-0.2, -0.15) is 35.9 Å². The summed E-state index contributed by atoms with van der Waals surface area (Å²) in [7, 11) is 10.6. The number of carbonyl (C=O) groups excluding carboxylic acids is 2. The standard InChI is InChI=1S/C51H88N6O12.C51H86N5O12.3CH4.2No/c1-14-40-51(10,63)44(59)34(6)56(12)28-30(2)26-49(8,62)46(32(4)43(33(5)47(61)67-40)68-41-27-50(9,64-13)45(60)35(7)66-41)69-48-42(58)39(25-31(3)65-48)55(11)24-22-38-29-57(54-53-38)23-16-15-17-36-18-20-37(52)21-19-36;1-14-40-51(10,62)44(58)35(6)55(12)29-31(2)27-49(8,61)46(33(4)43(34(5)47(60)66-40)67-41-28-50(9,63-13)45(59)36(7)65-41)68-48-42(57)39(26-32(3)64-48)54(11)25-23-38-30-56(53-52-38)24-19-18-22-37-20-16-15-17-21-37;;;;;/h18-21,29-35,39-46,48,58-60,62-63H,14-17,22-28,52H2,1-13H3;16-17,20-21,30-36,39-46,48,57-59,61-62H,14,18-19,22-29H2,1-13H3;3*1H4;;/q;-1;;;;;/t30-,31-,32+,33-,34-,35+,39+,40-,41+,42-,43+,44-,45+,46-,48+,49-,50-,51-;31-,32-,33+,34-,35-,36+,39+,40-,41+,42-,43+,44-,45+,46-,48+,49-,50-,51-;;;;;/m11...../s1. The number of carbonyl (C=O) groups is 2. The van der Waals surface area contributed by atoms with Crippen LogP contribution in [-0.2, 0) is 105 Å². The summed E-state index contributed by atoms with van der Waals surface area (Å²) >= 11 is 0. The number of nitrogens with two attached hydrogens (primary N) is 1. The third-order valence-electron chi connectivity index (χ3n) is 30.8. The summed E-state index contributed by atoms with van der Waals surface area (Å²) < 4.78 is 80.4. The molecule has 6 fully saturated rings. The van der Waals surface area contributed by atoms with Crippen LogP contribution in [0.4, 0.5) is 5.69 Å². The zero-order valence-corrected chi connectivity index (χ0v) is 91.9. The molecule has 6 aliphatic heterocycles. The number of nitrogens with zero attached hydrogens (tertiary/aromatic N) is 10. The van der Waals surface area contributed by atoms with Gasteiger partial charge in [0.2, 0.25) is 0 Å². The van der Waals surface area contributed by atoms with Crippen molar-refractivity contribution in [2.24, 2.45) is 35.5 Å². The zero-order valence-electron chi connectivity index (χ0n) is 87.4. The molecule has 142 heavy (non-hydrogen) atoms. The fraction of sp³-hybridized carbons (Fsp3) is 0.829. The van der Waals surface area contributed by atoms with E-state index in [9.17, 15) is 60.7 Å². The molecule has 0 spiro atoms. The van der Waals surface area contributed by atoms with Crippen LogP contribution in [-0.4, -0.2) is 362 Å². The van der Waals surface area contributed by atoms with Gasteiger partial charge in [0.05, 0.1) is 94.5 Å². The molecule has 0 aliphatic carbocycles. The van der Waals surface area contributed by atoms with Crippen molar-refractivity contribution in [1.82, 2.24) is 49.6 Å². The fourth-order valence-corrected chi connectivity index (χ4v) is 21.8. The van der Waals surface area contributed by atoms with E-state index in [0.717, 1.165) is 68.7 Å². The number of hydrogen-bond donors (Lipinski definition) is 11. The molecule has 6 saturated heterocycles. The first kappa shape index (κ1) is 127. The second-order valence-electron chi connectivity index (χ2n) is 42.9. The topological polar surface area (TPSA) is 448 Å². The van der Waals surface area contributed by atoms with E-state index in [1.165, 1.54) is 39.2 Å². The van der Waals surface area contributed by atoms with Gasteiger partial charge in [-0.25, -0.2) is 0 Å². The van der Waals surface area contributed by atoms with E-state index in [-0.39, 0.29) is 96.9 Å². The summed E-state index contributed by atoms with van der Waals surface area (Å²) in [5.41, 5.74) is 1.85. The molecule has 0 radical (unpaired) electrons. The van der Waals surface area contributed by atoms with Crippen LogP contribution in [0.25, 0.3) is 0 Å². The van der Waals surface area contributed by atoms with Crippen LogP contribution in [0.15, 0.2) is 60.9 Å². The number of cyclic esters (lactones) is 2. The molecule has 35 nitrogen and oxygen atoms in total. The number of benzene rings is 2. The summed E-state index contributed by atoms with van der Waals surface area (Å²) in [6.07, 6.45) is -6.53. The average Bonchev–Trinajstić information content (AvgIpc) is 1.07. The number of rotatable bonds is 30. The summed E-state index contributed by atoms with van der Waals surface area (Å²) in [4.78, 5) is 37.0. The minimum absolute atomic E-state index is 0. The Kier molecular flexibility index (Phi) is 49.1. The number of esters is 2. The van der Waals surface area contributed by atoms with Gasteiger partial charge >= 0.3 is 11.9 Å². The first-order valence-corrected chi connectivity index (χ1v) is 50.3. The van der Waals surface area contributed by atoms with Gasteiger partial charge in [-0.3, -0.25) is 19.0 Å². The first-order chi connectivity index (χ1) is 64.2. The SMILES string of the molecule is C.C.C.CC[C@H]1OC(=O)[C@H](C)[C@@H](O[C@H]2C[C@@](C)(OC)[C@@H](O)[C@H](C)O2)[C@H](C)[C@@H](O[C@@H]2O[C@H](C)C[C@H](N(C)CCc3cn(CCCCc4cc[c-]cc4)nn3)[C@H]2O)[C@](C)(O)C[C@@H](C)CN(C)[C@H](C)[C@@H](O)[C@]1(C)O.CC[C@H]1OC(=O)[C@H](C)[C@@H](O[C@H]2C[C@@](C)(OC)[C@@H](O)[C@H](C)O2)[C@H](C)[C@@H](O[C@@H]2O[C@H](C)C[C@H](N(C)CCc3cn(CCCCc4ccc(N)cc4)nn3)[C@H]2O)[C@](C)(O)C[C@@H](C)CN(C)[C@H](C)[C@@H](O)[C@]1(C)O.[No].[No]. The van der Waals surface area contributed by atoms with Crippen LogP contribution >= 0.6 is 0 Å². The van der Waals surface area contributed by atoms with E-state index in [2.05, 4.69) is 60.8 Å². The average molecular weight is 2500 g/mol. The molecule has 8 heterocycles. The maximum atomic E-state index is 14.5. The molecule has 2 aromatic heterocycles. The van der Waals surface area contributed by atoms with E-state index in [1.807, 2.05) is 126 Å². The van der Waals surface area contributed by atoms with Gasteiger partial charge in [-0.05, 0) is 225 Å². The molecule has 0 unspecified atom stereocenters. The van der Waals surface area contributed by atoms with Crippen molar-refractivity contribution in [3.8, 4) is 0 Å². The van der Waals surface area contributed by atoms with Crippen LogP contribution in [0.5, 0.6) is 0 Å². The molecule has 36 atom stereocenters. The van der Waals surface area contributed by atoms with E-state index >= 15 is 0 Å². The van der Waals surface area contributed by atoms with Crippen LogP contribution in [0, 0.1) is 41.6 Å². The van der Waals surface area contributed by atoms with Gasteiger partial charge in [0.25, 0.3) is 0 Å². The van der Waals surface area contributed by atoms with Crippen molar-refractivity contribution in [3.63, 3.8) is 0 Å². The number of aromatic nitrogens is 6. The van der Waals surface area contributed by atoms with Crippen molar-refractivity contribution in [3.05, 3.63) is 89.5 Å². The van der Waals surface area contributed by atoms with Crippen LogP contribution in [0.1, 0.15) is 260 Å². The van der Waals surface area contributed by atoms with Gasteiger partial charge < -0.3 is 133 Å². The number of methoxy groups -OCH3 is 2. The Morgan fingerprint density at radius 3 is 1.19 bits per heavy atom. The summed E-state index contributed by atoms with van der Waals surface area (Å²) in [5.74, 6) is -5.45. The minimum Gasteiger partial charge on any atom is -0.459 e. The Hall–Kier alpha value is -7.50. The van der Waals surface area contributed by atoms with Gasteiger partial charge in [0.15, 0.2) is 25.2 Å². The minimum atomic E-state index is -1.83. The Bertz CT molecular complexity index is 4270. The molecular formula is C105H186N11No2O24-. The second-order valence-corrected chi connectivity index (χ2v) is 42.9. The molecule has 0 bridgehead atoms. The Balaban J connectivity index is 0.000000572. The second kappa shape index (κ2) is 55.0. The molecule has 37 heteroatoms. The molecule has 10 rings (SSSR count). The Labute approximate surface area is 837 Å². The fourth-order valence-electron chi connectivity index (χ4n) is 21.8. The molecule has 6 aliphatic rings. The summed E-state index contributed by atoms with van der Waals surface area (Å²) in [5, 5.41) is 137. The van der Waals surface area contributed by atoms with Crippen molar-refractivity contribution in [1.29, 1.82) is 0 Å². The quantitative estimate of drug-likeness (QED) is 0.0100. The smallest absolute Gasteiger partial charge is 0.311 e. The molecule has 12 N–H and O–H groups in total. The maximum Gasteiger partial charge on any atom is 0.311 e. The molecule has 0 saturated carbocycles. The van der Waals surface area contributed by atoms with Gasteiger partial charge in [-0.15, -0.1) is 10.2 Å². The van der Waals surface area contributed by atoms with Crippen LogP contribution in [0.2, 0.25) is 0 Å². The van der Waals surface area contributed by atoms with Gasteiger partial charge in [0, 0.05) is 133 Å². The maximum absolute atomic E-state index is 14.5. The zero-order chi connectivity index (χ0) is 101. The Morgan fingerprint density at radius 1 is 0.493 bits per heavy atom. The number of anilines is 1. The normalized spacial score (nSPS) is 39.1. The summed E-state index contributed by atoms with van der Waals surface area (Å²) in [6.45, 7) is 38.8. The number of aliphatic hydroxyl groups excluding tert-OH is 6. The van der Waals surface area contributed by atoms with E-state index in [0.29, 0.717) is 51.9 Å². The number of hydrogen-bond acceptors (Lipinski definition) is 33. The number of unbranched alkanes of at least 4 members (excludes halogenated alkanes) is 2. The van der Waals surface area contributed by atoms with E-state index in [1.54, 1.807) is 83.1 Å². The Morgan fingerprint density at radius 2 is 0.845 bits per heavy atom. The van der Waals surface area contributed by atoms with Crippen LogP contribution < -0.4 is 5.73 Å². The predicted molar refractivity (Wildman–Crippen MR) is 536 cm³/mol. The number of ether oxygens (including phenoxy) is 12. The summed E-state index contributed by atoms with van der Waals surface area (Å²) in [6, 6.07) is 17.2. The number of likely N-dealkylation sites (N-methyl/N-ethyl adjacent to an activating group) is 4. The van der Waals surface area contributed by atoms with Crippen molar-refractivity contribution in [2.75, 3.05) is 74.3 Å². The molecule has 0 amide bonds. The van der Waals surface area contributed by atoms with Crippen molar-refractivity contribution in [2.45, 2.75) is 457 Å². The first-order valence-electron chi connectivity index (χ1n) is 50.3. The van der Waals surface area contributed by atoms with Crippen molar-refractivity contribution < 1.29 is 117 Å². The van der Waals surface area contributed by atoms with Gasteiger partial charge in [0.1, 0.15) is 60.0 Å². The third-order valence-corrected chi connectivity index (χ3v) is 30.8. The predicted octanol–water partition coefficient (Wildman–Crippen LogP) is 9.55. The van der Waals surface area contributed by atoms with Crippen LogP contribution in [0.3, 0.4) is 0 Å². The monoisotopic (exact) mass is 2500 g/mol. The third kappa shape index (κ3) is 32.3. The number of nitrogen functional groups attached to an aromatic ring is 1. The number of aryl methyl sites for hydroxylation is 4. The molecule has 4 aromatic rings. The largest absolute Gasteiger partial charge is 0.459 e. The van der Waals surface area contributed by atoms with E-state index < -0.39 is 192 Å². The van der Waals surface area contributed by atoms with Crippen molar-refractivity contribution >= 4 is 17.6 Å².